The third-order valence-electron chi connectivity index (χ3n) is 3.35. The van der Waals surface area contributed by atoms with E-state index in [1.54, 1.807) is 0 Å². The fourth-order valence-corrected chi connectivity index (χ4v) is 2.14. The zero-order chi connectivity index (χ0) is 13.4. The van der Waals surface area contributed by atoms with Gasteiger partial charge in [0.1, 0.15) is 5.82 Å². The number of H-pyrrole nitrogens is 1. The lowest BCUT2D eigenvalue weighted by molar-refractivity contribution is 0.867. The SMILES string of the molecule is CC(C)c1ccc(-c2cnc3n[nH]c(N)c3c2)cc1. The number of hydrogen-bond acceptors (Lipinski definition) is 3. The van der Waals surface area contributed by atoms with Crippen molar-refractivity contribution in [2.75, 3.05) is 5.73 Å². The molecule has 0 aliphatic heterocycles. The van der Waals surface area contributed by atoms with Crippen LogP contribution in [0.3, 0.4) is 0 Å². The molecule has 0 amide bonds. The molecule has 0 fully saturated rings. The lowest BCUT2D eigenvalue weighted by atomic mass is 9.99. The van der Waals surface area contributed by atoms with Crippen molar-refractivity contribution in [1.82, 2.24) is 15.2 Å². The second kappa shape index (κ2) is 4.39. The zero-order valence-electron chi connectivity index (χ0n) is 11.0. The highest BCUT2D eigenvalue weighted by atomic mass is 15.2. The largest absolute Gasteiger partial charge is 0.384 e. The molecule has 0 spiro atoms. The maximum Gasteiger partial charge on any atom is 0.183 e. The number of pyridine rings is 1. The number of aromatic nitrogens is 3. The van der Waals surface area contributed by atoms with Gasteiger partial charge in [0.25, 0.3) is 0 Å². The first-order valence-electron chi connectivity index (χ1n) is 6.35. The second-order valence-electron chi connectivity index (χ2n) is 5.01. The van der Waals surface area contributed by atoms with Crippen molar-refractivity contribution < 1.29 is 0 Å². The molecule has 0 atom stereocenters. The highest BCUT2D eigenvalue weighted by Crippen LogP contribution is 2.26. The summed E-state index contributed by atoms with van der Waals surface area (Å²) in [7, 11) is 0. The maximum atomic E-state index is 5.83. The van der Waals surface area contributed by atoms with Crippen LogP contribution in [0.2, 0.25) is 0 Å². The van der Waals surface area contributed by atoms with Crippen LogP contribution in [0.4, 0.5) is 5.82 Å². The van der Waals surface area contributed by atoms with Crippen LogP contribution >= 0.6 is 0 Å². The van der Waals surface area contributed by atoms with Gasteiger partial charge in [0.15, 0.2) is 5.65 Å². The van der Waals surface area contributed by atoms with E-state index in [1.165, 1.54) is 5.56 Å². The standard InChI is InChI=1S/C15H16N4/c1-9(2)10-3-5-11(6-4-10)12-7-13-14(16)18-19-15(13)17-8-12/h3-9H,1-2H3,(H3,16,17,18,19). The van der Waals surface area contributed by atoms with Gasteiger partial charge in [0.05, 0.1) is 5.39 Å². The first-order chi connectivity index (χ1) is 9.15. The van der Waals surface area contributed by atoms with Gasteiger partial charge in [0, 0.05) is 11.8 Å². The average Bonchev–Trinajstić information content (AvgIpc) is 2.80. The van der Waals surface area contributed by atoms with Gasteiger partial charge >= 0.3 is 0 Å². The van der Waals surface area contributed by atoms with E-state index in [0.29, 0.717) is 17.4 Å². The number of nitrogens with one attached hydrogen (secondary N) is 1. The molecule has 0 bridgehead atoms. The summed E-state index contributed by atoms with van der Waals surface area (Å²) in [5.41, 5.74) is 10.0. The monoisotopic (exact) mass is 252 g/mol. The van der Waals surface area contributed by atoms with Gasteiger partial charge in [-0.2, -0.15) is 5.10 Å². The molecule has 3 rings (SSSR count). The molecule has 0 saturated heterocycles. The van der Waals surface area contributed by atoms with E-state index in [-0.39, 0.29) is 0 Å². The predicted molar refractivity (Wildman–Crippen MR) is 77.8 cm³/mol. The predicted octanol–water partition coefficient (Wildman–Crippen LogP) is 3.33. The van der Waals surface area contributed by atoms with Crippen molar-refractivity contribution in [2.24, 2.45) is 0 Å². The van der Waals surface area contributed by atoms with E-state index in [0.717, 1.165) is 16.5 Å². The molecule has 4 heteroatoms. The Morgan fingerprint density at radius 2 is 1.84 bits per heavy atom. The van der Waals surface area contributed by atoms with E-state index in [2.05, 4.69) is 53.3 Å². The van der Waals surface area contributed by atoms with Crippen molar-refractivity contribution in [3.63, 3.8) is 0 Å². The molecule has 0 saturated carbocycles. The van der Waals surface area contributed by atoms with Gasteiger partial charge in [-0.1, -0.05) is 38.1 Å². The van der Waals surface area contributed by atoms with Crippen LogP contribution in [0.15, 0.2) is 36.5 Å². The Bertz CT molecular complexity index is 711. The van der Waals surface area contributed by atoms with Gasteiger partial charge in [-0.05, 0) is 23.1 Å². The number of nitrogens with zero attached hydrogens (tertiary/aromatic N) is 2. The van der Waals surface area contributed by atoms with Crippen LogP contribution in [0, 0.1) is 0 Å². The van der Waals surface area contributed by atoms with Crippen LogP contribution in [0.5, 0.6) is 0 Å². The summed E-state index contributed by atoms with van der Waals surface area (Å²) in [4.78, 5) is 4.31. The number of fused-ring (bicyclic) bond motifs is 1. The minimum atomic E-state index is 0.541. The summed E-state index contributed by atoms with van der Waals surface area (Å²) in [5, 5.41) is 7.64. The van der Waals surface area contributed by atoms with E-state index < -0.39 is 0 Å². The molecule has 0 radical (unpaired) electrons. The van der Waals surface area contributed by atoms with Crippen molar-refractivity contribution in [3.05, 3.63) is 42.1 Å². The van der Waals surface area contributed by atoms with E-state index in [4.69, 9.17) is 5.73 Å². The maximum absolute atomic E-state index is 5.83. The van der Waals surface area contributed by atoms with Crippen molar-refractivity contribution in [1.29, 1.82) is 0 Å². The number of benzene rings is 1. The number of rotatable bonds is 2. The zero-order valence-corrected chi connectivity index (χ0v) is 11.0. The quantitative estimate of drug-likeness (QED) is 0.735. The van der Waals surface area contributed by atoms with E-state index in [9.17, 15) is 0 Å². The lowest BCUT2D eigenvalue weighted by Crippen LogP contribution is -1.88. The summed E-state index contributed by atoms with van der Waals surface area (Å²) < 4.78 is 0. The minimum absolute atomic E-state index is 0.541. The number of aromatic amines is 1. The minimum Gasteiger partial charge on any atom is -0.384 e. The third-order valence-corrected chi connectivity index (χ3v) is 3.35. The Morgan fingerprint density at radius 1 is 1.11 bits per heavy atom. The molecule has 0 unspecified atom stereocenters. The fourth-order valence-electron chi connectivity index (χ4n) is 2.14. The number of nitrogen functional groups attached to an aromatic ring is 1. The van der Waals surface area contributed by atoms with Crippen LogP contribution in [-0.4, -0.2) is 15.2 Å². The fraction of sp³-hybridized carbons (Fsp3) is 0.200. The van der Waals surface area contributed by atoms with E-state index in [1.807, 2.05) is 12.3 Å². The normalized spacial score (nSPS) is 11.3. The number of hydrogen-bond donors (Lipinski definition) is 2. The Morgan fingerprint density at radius 3 is 2.53 bits per heavy atom. The van der Waals surface area contributed by atoms with Gasteiger partial charge in [-0.3, -0.25) is 5.10 Å². The molecule has 3 aromatic rings. The topological polar surface area (TPSA) is 67.6 Å². The molecule has 1 aromatic carbocycles. The van der Waals surface area contributed by atoms with Crippen LogP contribution < -0.4 is 5.73 Å². The number of anilines is 1. The van der Waals surface area contributed by atoms with Crippen molar-refractivity contribution in [2.45, 2.75) is 19.8 Å². The van der Waals surface area contributed by atoms with Crippen LogP contribution in [0.25, 0.3) is 22.2 Å². The molecule has 0 aliphatic rings. The summed E-state index contributed by atoms with van der Waals surface area (Å²) in [6.07, 6.45) is 1.83. The summed E-state index contributed by atoms with van der Waals surface area (Å²) in [6, 6.07) is 10.6. The van der Waals surface area contributed by atoms with Gasteiger partial charge < -0.3 is 5.73 Å². The summed E-state index contributed by atoms with van der Waals surface area (Å²) in [5.74, 6) is 1.10. The number of nitrogens with two attached hydrogens (primary N) is 1. The van der Waals surface area contributed by atoms with Gasteiger partial charge in [0.2, 0.25) is 0 Å². The first kappa shape index (κ1) is 11.7. The van der Waals surface area contributed by atoms with Crippen LogP contribution in [-0.2, 0) is 0 Å². The first-order valence-corrected chi connectivity index (χ1v) is 6.35. The van der Waals surface area contributed by atoms with Crippen LogP contribution in [0.1, 0.15) is 25.3 Å². The highest BCUT2D eigenvalue weighted by molar-refractivity contribution is 5.89. The molecule has 4 nitrogen and oxygen atoms in total. The molecular formula is C15H16N4. The molecule has 2 aromatic heterocycles. The molecular weight excluding hydrogens is 236 g/mol. The summed E-state index contributed by atoms with van der Waals surface area (Å²) in [6.45, 7) is 4.38. The van der Waals surface area contributed by atoms with E-state index >= 15 is 0 Å². The molecule has 19 heavy (non-hydrogen) atoms. The summed E-state index contributed by atoms with van der Waals surface area (Å²) >= 11 is 0. The Labute approximate surface area is 111 Å². The molecule has 3 N–H and O–H groups in total. The van der Waals surface area contributed by atoms with Crippen molar-refractivity contribution >= 4 is 16.9 Å². The molecule has 2 heterocycles. The second-order valence-corrected chi connectivity index (χ2v) is 5.01. The van der Waals surface area contributed by atoms with Gasteiger partial charge in [-0.25, -0.2) is 4.98 Å². The highest BCUT2D eigenvalue weighted by Gasteiger charge is 2.06. The Balaban J connectivity index is 2.05. The lowest BCUT2D eigenvalue weighted by Gasteiger charge is -2.07. The molecule has 0 aliphatic carbocycles. The Hall–Kier alpha value is -2.36. The van der Waals surface area contributed by atoms with Gasteiger partial charge in [-0.15, -0.1) is 0 Å². The average molecular weight is 252 g/mol. The smallest absolute Gasteiger partial charge is 0.183 e. The Kier molecular flexibility index (Phi) is 2.71. The van der Waals surface area contributed by atoms with Crippen molar-refractivity contribution in [3.8, 4) is 11.1 Å². The third kappa shape index (κ3) is 2.05. The molecule has 96 valence electrons.